The van der Waals surface area contributed by atoms with Crippen LogP contribution in [0.3, 0.4) is 0 Å². The van der Waals surface area contributed by atoms with Gasteiger partial charge in [0.1, 0.15) is 5.54 Å². The molecule has 0 aromatic heterocycles. The third-order valence-corrected chi connectivity index (χ3v) is 4.82. The van der Waals surface area contributed by atoms with Crippen LogP contribution in [-0.4, -0.2) is 47.2 Å². The summed E-state index contributed by atoms with van der Waals surface area (Å²) in [7, 11) is 0. The Bertz CT molecular complexity index is 305. The van der Waals surface area contributed by atoms with Crippen molar-refractivity contribution in [2.24, 2.45) is 5.92 Å². The van der Waals surface area contributed by atoms with Crippen molar-refractivity contribution < 1.29 is 9.90 Å². The lowest BCUT2D eigenvalue weighted by molar-refractivity contribution is -0.147. The van der Waals surface area contributed by atoms with Crippen molar-refractivity contribution in [1.82, 2.24) is 10.2 Å². The fourth-order valence-corrected chi connectivity index (χ4v) is 3.39. The molecule has 0 heterocycles. The van der Waals surface area contributed by atoms with Crippen molar-refractivity contribution in [3.63, 3.8) is 0 Å². The minimum absolute atomic E-state index is 0.401. The van der Waals surface area contributed by atoms with E-state index >= 15 is 0 Å². The number of rotatable bonds is 8. The number of likely N-dealkylation sites (N-methyl/N-ethyl adjacent to an activating group) is 1. The van der Waals surface area contributed by atoms with Gasteiger partial charge in [-0.05, 0) is 44.7 Å². The zero-order valence-electron chi connectivity index (χ0n) is 13.6. The van der Waals surface area contributed by atoms with Crippen LogP contribution in [0.2, 0.25) is 0 Å². The molecule has 0 amide bonds. The van der Waals surface area contributed by atoms with Gasteiger partial charge >= 0.3 is 5.97 Å². The summed E-state index contributed by atoms with van der Waals surface area (Å²) in [6.45, 7) is 11.5. The van der Waals surface area contributed by atoms with E-state index in [4.69, 9.17) is 0 Å². The average Bonchev–Trinajstić information content (AvgIpc) is 2.44. The molecule has 0 aromatic carbocycles. The summed E-state index contributed by atoms with van der Waals surface area (Å²) in [4.78, 5) is 14.2. The second-order valence-corrected chi connectivity index (χ2v) is 6.27. The Balaban J connectivity index is 2.77. The molecule has 0 bridgehead atoms. The van der Waals surface area contributed by atoms with Gasteiger partial charge in [0.15, 0.2) is 0 Å². The van der Waals surface area contributed by atoms with Crippen molar-refractivity contribution in [2.45, 2.75) is 71.4 Å². The SMILES string of the molecule is CCNC1(C(=O)O)CCCC(N(CC)CC(C)CC)C1. The first-order chi connectivity index (χ1) is 9.49. The van der Waals surface area contributed by atoms with Crippen molar-refractivity contribution in [2.75, 3.05) is 19.6 Å². The largest absolute Gasteiger partial charge is 0.480 e. The topological polar surface area (TPSA) is 52.6 Å². The molecule has 1 saturated carbocycles. The van der Waals surface area contributed by atoms with Gasteiger partial charge in [-0.25, -0.2) is 0 Å². The third-order valence-electron chi connectivity index (χ3n) is 4.82. The number of nitrogens with zero attached hydrogens (tertiary/aromatic N) is 1. The van der Waals surface area contributed by atoms with E-state index in [9.17, 15) is 9.90 Å². The summed E-state index contributed by atoms with van der Waals surface area (Å²) in [5.41, 5.74) is -0.708. The van der Waals surface area contributed by atoms with E-state index in [2.05, 4.69) is 31.0 Å². The van der Waals surface area contributed by atoms with Gasteiger partial charge in [-0.15, -0.1) is 0 Å². The number of carbonyl (C=O) groups is 1. The molecule has 0 spiro atoms. The highest BCUT2D eigenvalue weighted by molar-refractivity contribution is 5.79. The minimum Gasteiger partial charge on any atom is -0.480 e. The zero-order chi connectivity index (χ0) is 15.2. The highest BCUT2D eigenvalue weighted by Gasteiger charge is 2.43. The standard InChI is InChI=1S/C16H32N2O2/c1-5-13(4)12-18(7-3)14-9-8-10-16(11-14,15(19)20)17-6-2/h13-14,17H,5-12H2,1-4H3,(H,19,20). The summed E-state index contributed by atoms with van der Waals surface area (Å²) in [5.74, 6) is -0.00104. The van der Waals surface area contributed by atoms with Gasteiger partial charge in [0.25, 0.3) is 0 Å². The molecule has 3 unspecified atom stereocenters. The Kier molecular flexibility index (Phi) is 6.96. The molecule has 1 aliphatic rings. The van der Waals surface area contributed by atoms with E-state index < -0.39 is 11.5 Å². The molecular weight excluding hydrogens is 252 g/mol. The molecule has 3 atom stereocenters. The predicted molar refractivity (Wildman–Crippen MR) is 83.0 cm³/mol. The van der Waals surface area contributed by atoms with E-state index in [0.717, 1.165) is 45.3 Å². The summed E-state index contributed by atoms with van der Waals surface area (Å²) in [6, 6.07) is 0.401. The lowest BCUT2D eigenvalue weighted by atomic mass is 9.78. The maximum Gasteiger partial charge on any atom is 0.323 e. The quantitative estimate of drug-likeness (QED) is 0.719. The number of aliphatic carboxylic acids is 1. The van der Waals surface area contributed by atoms with Crippen molar-refractivity contribution in [1.29, 1.82) is 0 Å². The van der Waals surface area contributed by atoms with Gasteiger partial charge in [-0.3, -0.25) is 4.79 Å². The van der Waals surface area contributed by atoms with Gasteiger partial charge in [-0.2, -0.15) is 0 Å². The Morgan fingerprint density at radius 3 is 2.65 bits per heavy atom. The fourth-order valence-electron chi connectivity index (χ4n) is 3.39. The van der Waals surface area contributed by atoms with Crippen molar-refractivity contribution >= 4 is 5.97 Å². The molecule has 1 fully saturated rings. The molecule has 0 aromatic rings. The van der Waals surface area contributed by atoms with Gasteiger partial charge in [0.2, 0.25) is 0 Å². The lowest BCUT2D eigenvalue weighted by Gasteiger charge is -2.43. The fraction of sp³-hybridized carbons (Fsp3) is 0.938. The van der Waals surface area contributed by atoms with Crippen LogP contribution in [-0.2, 0) is 4.79 Å². The molecule has 4 nitrogen and oxygen atoms in total. The average molecular weight is 284 g/mol. The first kappa shape index (κ1) is 17.4. The van der Waals surface area contributed by atoms with Crippen molar-refractivity contribution in [3.8, 4) is 0 Å². The number of carboxylic acids is 1. The molecule has 0 aliphatic heterocycles. The normalized spacial score (nSPS) is 28.6. The molecule has 0 saturated heterocycles. The Labute approximate surface area is 123 Å². The summed E-state index contributed by atoms with van der Waals surface area (Å²) in [5, 5.41) is 12.9. The van der Waals surface area contributed by atoms with Crippen LogP contribution >= 0.6 is 0 Å². The van der Waals surface area contributed by atoms with E-state index in [0.29, 0.717) is 12.0 Å². The molecular formula is C16H32N2O2. The molecule has 20 heavy (non-hydrogen) atoms. The maximum absolute atomic E-state index is 11.7. The zero-order valence-corrected chi connectivity index (χ0v) is 13.6. The lowest BCUT2D eigenvalue weighted by Crippen LogP contribution is -2.58. The smallest absolute Gasteiger partial charge is 0.323 e. The van der Waals surface area contributed by atoms with Gasteiger partial charge in [0.05, 0.1) is 0 Å². The van der Waals surface area contributed by atoms with E-state index in [1.165, 1.54) is 6.42 Å². The highest BCUT2D eigenvalue weighted by Crippen LogP contribution is 2.32. The summed E-state index contributed by atoms with van der Waals surface area (Å²) < 4.78 is 0. The van der Waals surface area contributed by atoms with Crippen LogP contribution in [0.5, 0.6) is 0 Å². The van der Waals surface area contributed by atoms with Crippen LogP contribution in [0.25, 0.3) is 0 Å². The monoisotopic (exact) mass is 284 g/mol. The molecule has 2 N–H and O–H groups in total. The summed E-state index contributed by atoms with van der Waals surface area (Å²) >= 11 is 0. The third kappa shape index (κ3) is 4.19. The van der Waals surface area contributed by atoms with Gasteiger partial charge in [-0.1, -0.05) is 34.1 Å². The van der Waals surface area contributed by atoms with Crippen molar-refractivity contribution in [3.05, 3.63) is 0 Å². The minimum atomic E-state index is -0.708. The summed E-state index contributed by atoms with van der Waals surface area (Å²) in [6.07, 6.45) is 4.81. The Hall–Kier alpha value is -0.610. The van der Waals surface area contributed by atoms with Crippen LogP contribution in [0.15, 0.2) is 0 Å². The maximum atomic E-state index is 11.7. The molecule has 1 aliphatic carbocycles. The van der Waals surface area contributed by atoms with E-state index in [-0.39, 0.29) is 0 Å². The van der Waals surface area contributed by atoms with E-state index in [1.54, 1.807) is 0 Å². The Morgan fingerprint density at radius 1 is 1.45 bits per heavy atom. The molecule has 4 heteroatoms. The van der Waals surface area contributed by atoms with Gasteiger partial charge in [0, 0.05) is 12.6 Å². The highest BCUT2D eigenvalue weighted by atomic mass is 16.4. The van der Waals surface area contributed by atoms with Gasteiger partial charge < -0.3 is 15.3 Å². The Morgan fingerprint density at radius 2 is 2.15 bits per heavy atom. The number of hydrogen-bond donors (Lipinski definition) is 2. The number of nitrogens with one attached hydrogen (secondary N) is 1. The number of hydrogen-bond acceptors (Lipinski definition) is 3. The van der Waals surface area contributed by atoms with Crippen LogP contribution in [0, 0.1) is 5.92 Å². The first-order valence-electron chi connectivity index (χ1n) is 8.21. The second-order valence-electron chi connectivity index (χ2n) is 6.27. The molecule has 0 radical (unpaired) electrons. The van der Waals surface area contributed by atoms with Crippen LogP contribution < -0.4 is 5.32 Å². The van der Waals surface area contributed by atoms with E-state index in [1.807, 2.05) is 6.92 Å². The second kappa shape index (κ2) is 7.99. The number of carboxylic acid groups (broad SMARTS) is 1. The van der Waals surface area contributed by atoms with Crippen LogP contribution in [0.4, 0.5) is 0 Å². The predicted octanol–water partition coefficient (Wildman–Crippen LogP) is 2.73. The molecule has 1 rings (SSSR count). The first-order valence-corrected chi connectivity index (χ1v) is 8.21. The van der Waals surface area contributed by atoms with Crippen LogP contribution in [0.1, 0.15) is 59.8 Å². The molecule has 118 valence electrons.